The van der Waals surface area contributed by atoms with Crippen LogP contribution < -0.4 is 14.8 Å². The van der Waals surface area contributed by atoms with E-state index in [-0.39, 0.29) is 11.9 Å². The first-order valence-electron chi connectivity index (χ1n) is 7.59. The van der Waals surface area contributed by atoms with Crippen LogP contribution in [-0.2, 0) is 0 Å². The summed E-state index contributed by atoms with van der Waals surface area (Å²) < 4.78 is 10.4. The molecular weight excluding hydrogens is 266 g/mol. The number of hydrogen-bond donors (Lipinski definition) is 1. The van der Waals surface area contributed by atoms with Crippen molar-refractivity contribution in [1.82, 2.24) is 5.32 Å². The van der Waals surface area contributed by atoms with Crippen molar-refractivity contribution in [2.45, 2.75) is 39.2 Å². The molecule has 2 rings (SSSR count). The molecule has 1 amide bonds. The number of nitrogens with one attached hydrogen (secondary N) is 1. The van der Waals surface area contributed by atoms with Gasteiger partial charge in [0.15, 0.2) is 11.5 Å². The zero-order valence-corrected chi connectivity index (χ0v) is 13.3. The average Bonchev–Trinajstić information content (AvgIpc) is 2.51. The van der Waals surface area contributed by atoms with Crippen molar-refractivity contribution in [2.24, 2.45) is 11.8 Å². The lowest BCUT2D eigenvalue weighted by Gasteiger charge is -2.34. The molecule has 0 unspecified atom stereocenters. The molecule has 21 heavy (non-hydrogen) atoms. The number of amides is 1. The van der Waals surface area contributed by atoms with Crippen LogP contribution in [-0.4, -0.2) is 26.2 Å². The first kappa shape index (κ1) is 15.7. The minimum atomic E-state index is -0.0399. The minimum absolute atomic E-state index is 0.0399. The monoisotopic (exact) mass is 291 g/mol. The average molecular weight is 291 g/mol. The Bertz CT molecular complexity index is 501. The van der Waals surface area contributed by atoms with Crippen LogP contribution >= 0.6 is 0 Å². The van der Waals surface area contributed by atoms with Crippen LogP contribution in [0.5, 0.6) is 11.5 Å². The van der Waals surface area contributed by atoms with Gasteiger partial charge in [0.05, 0.1) is 14.2 Å². The predicted octanol–water partition coefficient (Wildman–Crippen LogP) is 3.26. The van der Waals surface area contributed by atoms with Gasteiger partial charge in [-0.2, -0.15) is 0 Å². The zero-order chi connectivity index (χ0) is 15.4. The number of methoxy groups -OCH3 is 2. The molecule has 0 heterocycles. The van der Waals surface area contributed by atoms with Crippen LogP contribution in [0.1, 0.15) is 43.5 Å². The maximum absolute atomic E-state index is 12.4. The summed E-state index contributed by atoms with van der Waals surface area (Å²) in [5.41, 5.74) is 0.609. The van der Waals surface area contributed by atoms with Crippen molar-refractivity contribution < 1.29 is 14.3 Å². The Morgan fingerprint density at radius 1 is 1.14 bits per heavy atom. The summed E-state index contributed by atoms with van der Waals surface area (Å²) in [5, 5.41) is 3.17. The van der Waals surface area contributed by atoms with E-state index in [9.17, 15) is 4.79 Å². The number of carbonyl (C=O) groups is 1. The van der Waals surface area contributed by atoms with Crippen molar-refractivity contribution in [1.29, 1.82) is 0 Å². The third-order valence-electron chi connectivity index (χ3n) is 4.67. The quantitative estimate of drug-likeness (QED) is 0.926. The highest BCUT2D eigenvalue weighted by Crippen LogP contribution is 2.30. The van der Waals surface area contributed by atoms with E-state index in [1.807, 2.05) is 0 Å². The Labute approximate surface area is 126 Å². The Hall–Kier alpha value is -1.71. The van der Waals surface area contributed by atoms with Crippen molar-refractivity contribution in [3.8, 4) is 11.5 Å². The Morgan fingerprint density at radius 3 is 2.52 bits per heavy atom. The van der Waals surface area contributed by atoms with Crippen molar-refractivity contribution >= 4 is 5.91 Å². The molecule has 4 heteroatoms. The maximum atomic E-state index is 12.4. The molecule has 0 radical (unpaired) electrons. The molecule has 1 aliphatic rings. The number of benzene rings is 1. The lowest BCUT2D eigenvalue weighted by atomic mass is 9.78. The second-order valence-corrected chi connectivity index (χ2v) is 5.92. The smallest absolute Gasteiger partial charge is 0.251 e. The molecule has 1 aliphatic carbocycles. The normalized spacial score (nSPS) is 25.2. The van der Waals surface area contributed by atoms with E-state index >= 15 is 0 Å². The molecule has 1 aromatic rings. The highest BCUT2D eigenvalue weighted by molar-refractivity contribution is 5.95. The summed E-state index contributed by atoms with van der Waals surface area (Å²) in [6.07, 6.45) is 3.50. The van der Waals surface area contributed by atoms with Gasteiger partial charge < -0.3 is 14.8 Å². The summed E-state index contributed by atoms with van der Waals surface area (Å²) in [5.74, 6) is 2.35. The first-order chi connectivity index (χ1) is 10.1. The van der Waals surface area contributed by atoms with E-state index in [1.165, 1.54) is 12.8 Å². The molecule has 0 saturated heterocycles. The number of rotatable bonds is 4. The fourth-order valence-electron chi connectivity index (χ4n) is 3.01. The van der Waals surface area contributed by atoms with Gasteiger partial charge in [-0.1, -0.05) is 26.7 Å². The van der Waals surface area contributed by atoms with Gasteiger partial charge >= 0.3 is 0 Å². The molecule has 0 spiro atoms. The van der Waals surface area contributed by atoms with Gasteiger partial charge in [-0.05, 0) is 36.5 Å². The molecule has 3 atom stereocenters. The number of hydrogen-bond acceptors (Lipinski definition) is 3. The van der Waals surface area contributed by atoms with E-state index < -0.39 is 0 Å². The third kappa shape index (κ3) is 3.49. The molecule has 1 aromatic carbocycles. The molecule has 0 aliphatic heterocycles. The second-order valence-electron chi connectivity index (χ2n) is 5.92. The first-order valence-corrected chi connectivity index (χ1v) is 7.59. The topological polar surface area (TPSA) is 47.6 Å². The second kappa shape index (κ2) is 6.83. The molecule has 1 fully saturated rings. The number of ether oxygens (including phenoxy) is 2. The summed E-state index contributed by atoms with van der Waals surface area (Å²) in [6.45, 7) is 4.49. The predicted molar refractivity (Wildman–Crippen MR) is 83.0 cm³/mol. The van der Waals surface area contributed by atoms with Gasteiger partial charge in [-0.15, -0.1) is 0 Å². The Kier molecular flexibility index (Phi) is 5.10. The van der Waals surface area contributed by atoms with Crippen molar-refractivity contribution in [3.05, 3.63) is 23.8 Å². The van der Waals surface area contributed by atoms with Gasteiger partial charge in [-0.3, -0.25) is 4.79 Å². The summed E-state index contributed by atoms with van der Waals surface area (Å²) in [7, 11) is 3.16. The van der Waals surface area contributed by atoms with E-state index in [1.54, 1.807) is 32.4 Å². The van der Waals surface area contributed by atoms with Gasteiger partial charge in [0.25, 0.3) is 5.91 Å². The molecule has 0 aromatic heterocycles. The lowest BCUT2D eigenvalue weighted by Crippen LogP contribution is -2.43. The van der Waals surface area contributed by atoms with Crippen molar-refractivity contribution in [2.75, 3.05) is 14.2 Å². The summed E-state index contributed by atoms with van der Waals surface area (Å²) in [4.78, 5) is 12.4. The maximum Gasteiger partial charge on any atom is 0.251 e. The van der Waals surface area contributed by atoms with E-state index in [0.29, 0.717) is 28.9 Å². The van der Waals surface area contributed by atoms with Crippen LogP contribution in [0.15, 0.2) is 18.2 Å². The van der Waals surface area contributed by atoms with Crippen LogP contribution in [0.25, 0.3) is 0 Å². The third-order valence-corrected chi connectivity index (χ3v) is 4.67. The van der Waals surface area contributed by atoms with Crippen LogP contribution in [0.2, 0.25) is 0 Å². The highest BCUT2D eigenvalue weighted by Gasteiger charge is 2.28. The van der Waals surface area contributed by atoms with E-state index in [0.717, 1.165) is 6.42 Å². The Morgan fingerprint density at radius 2 is 1.86 bits per heavy atom. The molecule has 1 N–H and O–H groups in total. The zero-order valence-electron chi connectivity index (χ0n) is 13.3. The van der Waals surface area contributed by atoms with Crippen LogP contribution in [0.3, 0.4) is 0 Å². The van der Waals surface area contributed by atoms with Crippen molar-refractivity contribution in [3.63, 3.8) is 0 Å². The fourth-order valence-corrected chi connectivity index (χ4v) is 3.01. The lowest BCUT2D eigenvalue weighted by molar-refractivity contribution is 0.0890. The van der Waals surface area contributed by atoms with Gasteiger partial charge in [0, 0.05) is 11.6 Å². The minimum Gasteiger partial charge on any atom is -0.493 e. The molecule has 116 valence electrons. The molecule has 4 nitrogen and oxygen atoms in total. The van der Waals surface area contributed by atoms with Gasteiger partial charge in [0.1, 0.15) is 0 Å². The Balaban J connectivity index is 2.09. The van der Waals surface area contributed by atoms with Crippen LogP contribution in [0, 0.1) is 11.8 Å². The molecule has 1 saturated carbocycles. The largest absolute Gasteiger partial charge is 0.493 e. The number of carbonyl (C=O) groups excluding carboxylic acids is 1. The van der Waals surface area contributed by atoms with Crippen LogP contribution in [0.4, 0.5) is 0 Å². The SMILES string of the molecule is COc1ccc(C(=O)N[C@H]2CCC[C@H](C)[C@@H]2C)cc1OC. The van der Waals surface area contributed by atoms with Gasteiger partial charge in [0.2, 0.25) is 0 Å². The van der Waals surface area contributed by atoms with E-state index in [4.69, 9.17) is 9.47 Å². The van der Waals surface area contributed by atoms with E-state index in [2.05, 4.69) is 19.2 Å². The molecule has 0 bridgehead atoms. The highest BCUT2D eigenvalue weighted by atomic mass is 16.5. The fraction of sp³-hybridized carbons (Fsp3) is 0.588. The summed E-state index contributed by atoms with van der Waals surface area (Å²) in [6, 6.07) is 5.52. The standard InChI is InChI=1S/C17H25NO3/c1-11-6-5-7-14(12(11)2)18-17(19)13-8-9-15(20-3)16(10-13)21-4/h8-12,14H,5-7H2,1-4H3,(H,18,19)/t11-,12-,14-/m0/s1. The molecular formula is C17H25NO3. The van der Waals surface area contributed by atoms with Gasteiger partial charge in [-0.25, -0.2) is 0 Å². The summed E-state index contributed by atoms with van der Waals surface area (Å²) >= 11 is 0.